The van der Waals surface area contributed by atoms with Gasteiger partial charge in [-0.05, 0) is 69.8 Å². The highest BCUT2D eigenvalue weighted by Gasteiger charge is 2.21. The van der Waals surface area contributed by atoms with Crippen LogP contribution in [-0.4, -0.2) is 19.5 Å². The summed E-state index contributed by atoms with van der Waals surface area (Å²) in [5.41, 5.74) is 14.6. The lowest BCUT2D eigenvalue weighted by Crippen LogP contribution is -2.00. The van der Waals surface area contributed by atoms with E-state index in [9.17, 15) is 0 Å². The molecule has 0 bridgehead atoms. The van der Waals surface area contributed by atoms with Crippen molar-refractivity contribution in [1.29, 1.82) is 0 Å². The fourth-order valence-corrected chi connectivity index (χ4v) is 8.81. The van der Waals surface area contributed by atoms with Gasteiger partial charge >= 0.3 is 0 Å². The van der Waals surface area contributed by atoms with Gasteiger partial charge in [-0.15, -0.1) is 0 Å². The number of fused-ring (bicyclic) bond motifs is 6. The van der Waals surface area contributed by atoms with E-state index >= 15 is 0 Å². The van der Waals surface area contributed by atoms with Crippen molar-refractivity contribution in [2.75, 3.05) is 0 Å². The van der Waals surface area contributed by atoms with Crippen LogP contribution in [0.3, 0.4) is 0 Å². The number of rotatable bonds is 7. The molecule has 0 saturated heterocycles. The van der Waals surface area contributed by atoms with Gasteiger partial charge in [0.15, 0.2) is 17.5 Å². The van der Waals surface area contributed by atoms with Crippen LogP contribution in [0, 0.1) is 0 Å². The van der Waals surface area contributed by atoms with Crippen LogP contribution in [0.1, 0.15) is 0 Å². The van der Waals surface area contributed by atoms with Crippen LogP contribution in [0.25, 0.3) is 117 Å². The second-order valence-corrected chi connectivity index (χ2v) is 15.6. The highest BCUT2D eigenvalue weighted by atomic mass is 16.3. The van der Waals surface area contributed by atoms with Gasteiger partial charge in [-0.1, -0.05) is 182 Å². The first-order chi connectivity index (χ1) is 30.7. The molecular weight excluding hydrogens is 757 g/mol. The van der Waals surface area contributed by atoms with Crippen molar-refractivity contribution in [2.45, 2.75) is 0 Å². The third-order valence-corrected chi connectivity index (χ3v) is 11.9. The average molecular weight is 793 g/mol. The molecule has 12 aromatic rings. The van der Waals surface area contributed by atoms with Gasteiger partial charge in [0.05, 0.1) is 16.6 Å². The molecule has 5 nitrogen and oxygen atoms in total. The predicted octanol–water partition coefficient (Wildman–Crippen LogP) is 14.9. The summed E-state index contributed by atoms with van der Waals surface area (Å²) in [6.45, 7) is 0. The Kier molecular flexibility index (Phi) is 8.42. The fourth-order valence-electron chi connectivity index (χ4n) is 8.81. The van der Waals surface area contributed by atoms with Crippen molar-refractivity contribution in [3.63, 3.8) is 0 Å². The lowest BCUT2D eigenvalue weighted by atomic mass is 10.00. The van der Waals surface area contributed by atoms with Crippen molar-refractivity contribution in [2.24, 2.45) is 0 Å². The molecule has 290 valence electrons. The minimum atomic E-state index is 0.554. The monoisotopic (exact) mass is 792 g/mol. The number of nitrogens with zero attached hydrogens (tertiary/aromatic N) is 4. The second kappa shape index (κ2) is 14.7. The van der Waals surface area contributed by atoms with Gasteiger partial charge in [-0.3, -0.25) is 0 Å². The minimum absolute atomic E-state index is 0.554. The molecule has 0 saturated carbocycles. The molecule has 0 aliphatic carbocycles. The molecule has 0 spiro atoms. The van der Waals surface area contributed by atoms with E-state index < -0.39 is 0 Å². The molecule has 62 heavy (non-hydrogen) atoms. The Hall–Kier alpha value is -8.41. The maximum Gasteiger partial charge on any atom is 0.167 e. The number of furan rings is 1. The molecule has 0 N–H and O–H groups in total. The van der Waals surface area contributed by atoms with Gasteiger partial charge in [0.25, 0.3) is 0 Å². The summed E-state index contributed by atoms with van der Waals surface area (Å²) in [6, 6.07) is 76.4. The van der Waals surface area contributed by atoms with Crippen molar-refractivity contribution in [3.8, 4) is 73.2 Å². The molecule has 0 fully saturated rings. The zero-order valence-corrected chi connectivity index (χ0v) is 33.5. The Balaban J connectivity index is 0.992. The molecule has 3 aromatic heterocycles. The largest absolute Gasteiger partial charge is 0.455 e. The Morgan fingerprint density at radius 3 is 1.45 bits per heavy atom. The Labute approximate surface area is 357 Å². The van der Waals surface area contributed by atoms with E-state index in [0.29, 0.717) is 17.5 Å². The third-order valence-electron chi connectivity index (χ3n) is 11.9. The SMILES string of the molecule is c1ccc(-c2ccc(-c3cccc(-n4c5ccccc5c5cc6oc7c(-c8nc(-c9ccccc9)nc(-c9ccc(-c%10ccccc%10)cc9)n8)cccc7c6cc54)c3)cc2)cc1. The van der Waals surface area contributed by atoms with Crippen molar-refractivity contribution in [1.82, 2.24) is 19.5 Å². The fraction of sp³-hybridized carbons (Fsp3) is 0. The number of hydrogen-bond donors (Lipinski definition) is 0. The maximum atomic E-state index is 6.87. The van der Waals surface area contributed by atoms with Crippen LogP contribution >= 0.6 is 0 Å². The van der Waals surface area contributed by atoms with Crippen LogP contribution in [-0.2, 0) is 0 Å². The van der Waals surface area contributed by atoms with Crippen LogP contribution in [0.5, 0.6) is 0 Å². The van der Waals surface area contributed by atoms with Gasteiger partial charge in [-0.25, -0.2) is 15.0 Å². The normalized spacial score (nSPS) is 11.5. The van der Waals surface area contributed by atoms with E-state index in [4.69, 9.17) is 19.4 Å². The summed E-state index contributed by atoms with van der Waals surface area (Å²) in [7, 11) is 0. The summed E-state index contributed by atoms with van der Waals surface area (Å²) in [5.74, 6) is 1.76. The first-order valence-electron chi connectivity index (χ1n) is 20.8. The molecule has 9 aromatic carbocycles. The lowest BCUT2D eigenvalue weighted by molar-refractivity contribution is 0.670. The first kappa shape index (κ1) is 35.5. The molecule has 0 atom stereocenters. The van der Waals surface area contributed by atoms with Gasteiger partial charge in [-0.2, -0.15) is 0 Å². The van der Waals surface area contributed by atoms with Crippen molar-refractivity contribution >= 4 is 43.7 Å². The summed E-state index contributed by atoms with van der Waals surface area (Å²) in [4.78, 5) is 15.2. The highest BCUT2D eigenvalue weighted by Crippen LogP contribution is 2.41. The quantitative estimate of drug-likeness (QED) is 0.161. The van der Waals surface area contributed by atoms with Crippen LogP contribution < -0.4 is 0 Å². The van der Waals surface area contributed by atoms with E-state index in [1.807, 2.05) is 42.5 Å². The van der Waals surface area contributed by atoms with E-state index in [1.54, 1.807) is 0 Å². The number of aromatic nitrogens is 4. The topological polar surface area (TPSA) is 56.7 Å². The summed E-state index contributed by atoms with van der Waals surface area (Å²) >= 11 is 0. The molecule has 0 amide bonds. The van der Waals surface area contributed by atoms with Crippen molar-refractivity contribution < 1.29 is 4.42 Å². The molecule has 0 unspecified atom stereocenters. The Morgan fingerprint density at radius 1 is 0.306 bits per heavy atom. The van der Waals surface area contributed by atoms with Gasteiger partial charge in [0.1, 0.15) is 11.2 Å². The molecule has 0 radical (unpaired) electrons. The Bertz CT molecular complexity index is 3590. The van der Waals surface area contributed by atoms with E-state index in [-0.39, 0.29) is 0 Å². The average Bonchev–Trinajstić information content (AvgIpc) is 3.89. The van der Waals surface area contributed by atoms with Crippen LogP contribution in [0.4, 0.5) is 0 Å². The number of benzene rings is 9. The molecular formula is C57H36N4O. The summed E-state index contributed by atoms with van der Waals surface area (Å²) < 4.78 is 9.25. The highest BCUT2D eigenvalue weighted by molar-refractivity contribution is 6.18. The molecule has 12 rings (SSSR count). The van der Waals surface area contributed by atoms with Crippen LogP contribution in [0.2, 0.25) is 0 Å². The maximum absolute atomic E-state index is 6.87. The zero-order valence-electron chi connectivity index (χ0n) is 33.5. The van der Waals surface area contributed by atoms with E-state index in [2.05, 4.69) is 180 Å². The van der Waals surface area contributed by atoms with Crippen LogP contribution in [0.15, 0.2) is 223 Å². The minimum Gasteiger partial charge on any atom is -0.455 e. The number of para-hydroxylation sites is 2. The summed E-state index contributed by atoms with van der Waals surface area (Å²) in [5, 5.41) is 4.31. The van der Waals surface area contributed by atoms with Crippen molar-refractivity contribution in [3.05, 3.63) is 218 Å². The van der Waals surface area contributed by atoms with E-state index in [0.717, 1.165) is 82.8 Å². The van der Waals surface area contributed by atoms with E-state index in [1.165, 1.54) is 16.7 Å². The smallest absolute Gasteiger partial charge is 0.167 e. The molecule has 0 aliphatic heterocycles. The van der Waals surface area contributed by atoms with Gasteiger partial charge in [0, 0.05) is 38.4 Å². The Morgan fingerprint density at radius 2 is 0.790 bits per heavy atom. The number of hydrogen-bond acceptors (Lipinski definition) is 4. The first-order valence-corrected chi connectivity index (χ1v) is 20.8. The molecule has 0 aliphatic rings. The third kappa shape index (κ3) is 6.14. The van der Waals surface area contributed by atoms with Gasteiger partial charge < -0.3 is 8.98 Å². The second-order valence-electron chi connectivity index (χ2n) is 15.6. The zero-order chi connectivity index (χ0) is 41.0. The molecule has 3 heterocycles. The summed E-state index contributed by atoms with van der Waals surface area (Å²) in [6.07, 6.45) is 0. The van der Waals surface area contributed by atoms with Gasteiger partial charge in [0.2, 0.25) is 0 Å². The standard InChI is InChI=1S/C57H36N4O/c1-4-14-37(15-5-1)39-26-28-41(29-27-39)44-20-12-21-45(34-44)61-51-25-11-10-22-46(51)49-36-53-50(35-52(49)61)47-23-13-24-48(54(47)62-53)57-59-55(42-18-8-3-9-19-42)58-56(60-57)43-32-30-40(31-33-43)38-16-6-2-7-17-38/h1-36H. The molecule has 5 heteroatoms. The predicted molar refractivity (Wildman–Crippen MR) is 254 cm³/mol. The lowest BCUT2D eigenvalue weighted by Gasteiger charge is -2.11.